The minimum Gasteiger partial charge on any atom is -0.310 e. The number of hydrogen-bond donors (Lipinski definition) is 0. The van der Waals surface area contributed by atoms with Crippen LogP contribution in [0.1, 0.15) is 22.3 Å². The summed E-state index contributed by atoms with van der Waals surface area (Å²) in [6.07, 6.45) is 0. The summed E-state index contributed by atoms with van der Waals surface area (Å²) in [6.45, 7) is 0. The highest BCUT2D eigenvalue weighted by molar-refractivity contribution is 7.27. The lowest BCUT2D eigenvalue weighted by Crippen LogP contribution is -2.26. The van der Waals surface area contributed by atoms with Gasteiger partial charge in [0.25, 0.3) is 0 Å². The molecule has 0 fully saturated rings. The Morgan fingerprint density at radius 3 is 1.05 bits per heavy atom. The molecule has 0 aliphatic heterocycles. The van der Waals surface area contributed by atoms with E-state index in [4.69, 9.17) is 0 Å². The number of nitrogens with zero attached hydrogens (tertiary/aromatic N) is 4. The normalized spacial score (nSPS) is 12.4. The van der Waals surface area contributed by atoms with E-state index in [1.54, 1.807) is 0 Å². The summed E-state index contributed by atoms with van der Waals surface area (Å²) >= 11 is 3.80. The van der Waals surface area contributed by atoms with E-state index in [1.165, 1.54) is 217 Å². The quantitative estimate of drug-likeness (QED) is 0.114. The fourth-order valence-electron chi connectivity index (χ4n) is 22.4. The number of benzene rings is 22. The summed E-state index contributed by atoms with van der Waals surface area (Å²) in [5.74, 6) is 0. The number of rotatable bonds is 13. The Morgan fingerprint density at radius 2 is 0.548 bits per heavy atom. The van der Waals surface area contributed by atoms with Gasteiger partial charge in [0.2, 0.25) is 0 Å². The first-order valence-corrected chi connectivity index (χ1v) is 48.0. The number of thiophene rings is 2. The number of fused-ring (bicyclic) bond motifs is 26. The maximum absolute atomic E-state index is 2.52. The SMILES string of the molecule is c1ccc(-c2ccc(N(c3ccc(-c4ccccc4)cc3)c3cccc(-c4cc5c6ccccc6n(-c6cccc7ccccc67)c5c5c4sc4ccccc45)c3)cc2)cc1.c1ccc(-c2ccc(N(c3cccc(-c4cc5c6ccccc6n(-c6ccc7ccccc7c6)c5c5c4sc4ccccc45)c3)c3ccc4c(c3)C3(c5ccccc5-c5ccccc53)c3ccccc3-4)cc2)cc1. The summed E-state index contributed by atoms with van der Waals surface area (Å²) in [5, 5.41) is 15.1. The maximum atomic E-state index is 2.52. The van der Waals surface area contributed by atoms with Crippen molar-refractivity contribution in [2.24, 2.45) is 0 Å². The zero-order chi connectivity index (χ0) is 88.8. The molecule has 28 rings (SSSR count). The second-order valence-electron chi connectivity index (χ2n) is 35.6. The molecule has 22 aromatic carbocycles. The fourth-order valence-corrected chi connectivity index (χ4v) is 24.9. The van der Waals surface area contributed by atoms with E-state index in [2.05, 4.69) is 516 Å². The Bertz CT molecular complexity index is 9090. The van der Waals surface area contributed by atoms with Gasteiger partial charge in [0.15, 0.2) is 0 Å². The first kappa shape index (κ1) is 77.9. The summed E-state index contributed by atoms with van der Waals surface area (Å²) in [7, 11) is 0. The Morgan fingerprint density at radius 1 is 0.193 bits per heavy atom. The monoisotopic (exact) mass is 1750 g/mol. The number of anilines is 6. The van der Waals surface area contributed by atoms with Gasteiger partial charge in [-0.3, -0.25) is 0 Å². The van der Waals surface area contributed by atoms with Crippen molar-refractivity contribution in [3.63, 3.8) is 0 Å². The van der Waals surface area contributed by atoms with Crippen molar-refractivity contribution in [2.75, 3.05) is 9.80 Å². The Labute approximate surface area is 789 Å². The van der Waals surface area contributed by atoms with Gasteiger partial charge in [-0.2, -0.15) is 0 Å². The van der Waals surface area contributed by atoms with E-state index in [0.717, 1.165) is 34.1 Å². The molecule has 0 atom stereocenters. The van der Waals surface area contributed by atoms with Crippen LogP contribution in [0.2, 0.25) is 0 Å². The zero-order valence-corrected chi connectivity index (χ0v) is 75.1. The standard InChI is InChI=1S/C71H44N2S.C58H38N2S/c1-2-17-45(18-3-1)47-33-36-50(37-34-47)72(53-39-40-57-56-25-8-13-30-64(56)71(65(57)43-53)62-28-11-6-23-54(62)55-24-7-12-29-63(55)71)51-22-16-21-49(42-51)60-44-61-58-26-9-14-31-66(58)73(52-38-35-46-19-4-5-20-48(46)41-52)69(61)68-59-27-10-15-32-67(59)74-70(60)68;1-3-15-39(16-4-1)41-29-33-45(34-30-41)59(46-35-31-42(32-36-46)40-17-5-2-6-18-40)47-22-13-21-44(37-47)51-38-52-49-24-9-11-26-54(49)60(53-27-14-20-43-19-7-8-23-48(43)53)57(52)56-50-25-10-12-28-55(50)61-58(51)56/h1-44H;1-38H. The van der Waals surface area contributed by atoms with E-state index in [-0.39, 0.29) is 0 Å². The fraction of sp³-hybridized carbons (Fsp3) is 0.00775. The van der Waals surface area contributed by atoms with Gasteiger partial charge in [-0.15, -0.1) is 22.7 Å². The van der Waals surface area contributed by atoms with Gasteiger partial charge < -0.3 is 18.9 Å². The lowest BCUT2D eigenvalue weighted by Gasteiger charge is -2.32. The van der Waals surface area contributed by atoms with Gasteiger partial charge in [0.1, 0.15) is 0 Å². The number of para-hydroxylation sites is 2. The lowest BCUT2D eigenvalue weighted by molar-refractivity contribution is 0.793. The Kier molecular flexibility index (Phi) is 18.3. The summed E-state index contributed by atoms with van der Waals surface area (Å²) in [4.78, 5) is 4.87. The topological polar surface area (TPSA) is 16.3 Å². The third kappa shape index (κ3) is 12.5. The molecule has 0 bridgehead atoms. The summed E-state index contributed by atoms with van der Waals surface area (Å²) < 4.78 is 10.2. The molecular weight excluding hydrogens is 1670 g/mol. The molecule has 0 saturated heterocycles. The van der Waals surface area contributed by atoms with Crippen molar-refractivity contribution in [1.29, 1.82) is 0 Å². The van der Waals surface area contributed by atoms with Crippen molar-refractivity contribution in [3.05, 3.63) is 520 Å². The lowest BCUT2D eigenvalue weighted by atomic mass is 9.70. The van der Waals surface area contributed by atoms with Gasteiger partial charge in [0.05, 0.1) is 33.2 Å². The molecule has 4 aromatic heterocycles. The highest BCUT2D eigenvalue weighted by Gasteiger charge is 2.52. The molecule has 4 heterocycles. The number of hydrogen-bond acceptors (Lipinski definition) is 4. The minimum absolute atomic E-state index is 0.464. The molecule has 26 aromatic rings. The van der Waals surface area contributed by atoms with E-state index in [1.807, 2.05) is 22.7 Å². The van der Waals surface area contributed by atoms with E-state index < -0.39 is 5.41 Å². The zero-order valence-electron chi connectivity index (χ0n) is 73.4. The molecule has 0 saturated carbocycles. The van der Waals surface area contributed by atoms with Crippen molar-refractivity contribution in [3.8, 4) is 89.3 Å². The smallest absolute Gasteiger partial charge is 0.0726 e. The van der Waals surface area contributed by atoms with Crippen LogP contribution in [0.25, 0.3) is 195 Å². The van der Waals surface area contributed by atoms with Gasteiger partial charge in [0, 0.05) is 118 Å². The van der Waals surface area contributed by atoms with E-state index >= 15 is 0 Å². The predicted molar refractivity (Wildman–Crippen MR) is 575 cm³/mol. The van der Waals surface area contributed by atoms with Crippen molar-refractivity contribution in [2.45, 2.75) is 5.41 Å². The number of aromatic nitrogens is 2. The van der Waals surface area contributed by atoms with Gasteiger partial charge in [-0.1, -0.05) is 370 Å². The molecule has 630 valence electrons. The van der Waals surface area contributed by atoms with Gasteiger partial charge >= 0.3 is 0 Å². The van der Waals surface area contributed by atoms with Crippen LogP contribution in [-0.2, 0) is 5.41 Å². The molecule has 0 unspecified atom stereocenters. The Balaban J connectivity index is 0.000000140. The van der Waals surface area contributed by atoms with Crippen molar-refractivity contribution >= 4 is 162 Å². The minimum atomic E-state index is -0.464. The average molecular weight is 1750 g/mol. The third-order valence-electron chi connectivity index (χ3n) is 28.3. The molecule has 6 heteroatoms. The Hall–Kier alpha value is -17.0. The van der Waals surface area contributed by atoms with E-state index in [9.17, 15) is 0 Å². The van der Waals surface area contributed by atoms with Crippen LogP contribution in [0.15, 0.2) is 497 Å². The van der Waals surface area contributed by atoms with Crippen LogP contribution in [0.3, 0.4) is 0 Å². The van der Waals surface area contributed by atoms with Crippen LogP contribution in [0, 0.1) is 0 Å². The van der Waals surface area contributed by atoms with Crippen LogP contribution in [-0.4, -0.2) is 9.13 Å². The van der Waals surface area contributed by atoms with Crippen LogP contribution < -0.4 is 9.80 Å². The maximum Gasteiger partial charge on any atom is 0.0726 e. The van der Waals surface area contributed by atoms with Crippen LogP contribution in [0.4, 0.5) is 34.1 Å². The molecule has 1 spiro atoms. The summed E-state index contributed by atoms with van der Waals surface area (Å²) in [5.41, 5.74) is 36.0. The molecule has 2 aliphatic carbocycles. The molecule has 0 radical (unpaired) electrons. The highest BCUT2D eigenvalue weighted by Crippen LogP contribution is 2.64. The molecule has 135 heavy (non-hydrogen) atoms. The molecule has 2 aliphatic rings. The largest absolute Gasteiger partial charge is 0.310 e. The summed E-state index contributed by atoms with van der Waals surface area (Å²) in [6, 6.07) is 184. The van der Waals surface area contributed by atoms with Crippen molar-refractivity contribution < 1.29 is 0 Å². The van der Waals surface area contributed by atoms with Crippen LogP contribution >= 0.6 is 22.7 Å². The first-order valence-electron chi connectivity index (χ1n) is 46.4. The predicted octanol–water partition coefficient (Wildman–Crippen LogP) is 36.2. The van der Waals surface area contributed by atoms with Crippen molar-refractivity contribution in [1.82, 2.24) is 9.13 Å². The van der Waals surface area contributed by atoms with Gasteiger partial charge in [-0.05, 0) is 233 Å². The average Bonchev–Trinajstić information content (AvgIpc) is 1.51. The molecule has 4 nitrogen and oxygen atoms in total. The second-order valence-corrected chi connectivity index (χ2v) is 37.7. The molecule has 0 N–H and O–H groups in total. The third-order valence-corrected chi connectivity index (χ3v) is 30.7. The second kappa shape index (κ2) is 31.7. The molecular formula is C129H82N4S2. The van der Waals surface area contributed by atoms with Crippen LogP contribution in [0.5, 0.6) is 0 Å². The highest BCUT2D eigenvalue weighted by atomic mass is 32.1. The van der Waals surface area contributed by atoms with E-state index in [0.29, 0.717) is 0 Å². The first-order chi connectivity index (χ1) is 67.0. The molecule has 0 amide bonds. The van der Waals surface area contributed by atoms with Gasteiger partial charge in [-0.25, -0.2) is 0 Å².